The maximum atomic E-state index is 13.0. The van der Waals surface area contributed by atoms with E-state index in [-0.39, 0.29) is 5.92 Å². The molecule has 30 heavy (non-hydrogen) atoms. The Morgan fingerprint density at radius 3 is 2.90 bits per heavy atom. The quantitative estimate of drug-likeness (QED) is 0.654. The molecule has 0 aromatic carbocycles. The van der Waals surface area contributed by atoms with Crippen LogP contribution in [0.25, 0.3) is 5.65 Å². The van der Waals surface area contributed by atoms with Crippen molar-refractivity contribution in [2.24, 2.45) is 5.92 Å². The summed E-state index contributed by atoms with van der Waals surface area (Å²) < 4.78 is 1.90. The zero-order valence-corrected chi connectivity index (χ0v) is 17.7. The average Bonchev–Trinajstić information content (AvgIpc) is 3.35. The molecule has 2 saturated heterocycles. The molecule has 0 radical (unpaired) electrons. The van der Waals surface area contributed by atoms with Crippen LogP contribution in [0.3, 0.4) is 0 Å². The summed E-state index contributed by atoms with van der Waals surface area (Å²) in [5.41, 5.74) is 4.52. The number of nitrogens with zero attached hydrogens (tertiary/aromatic N) is 6. The van der Waals surface area contributed by atoms with E-state index in [1.54, 1.807) is 6.33 Å². The molecule has 3 aromatic rings. The van der Waals surface area contributed by atoms with Gasteiger partial charge in [0.15, 0.2) is 5.65 Å². The summed E-state index contributed by atoms with van der Waals surface area (Å²) in [4.78, 5) is 26.3. The lowest BCUT2D eigenvalue weighted by atomic mass is 9.97. The number of fused-ring (bicyclic) bond motifs is 2. The van der Waals surface area contributed by atoms with Gasteiger partial charge < -0.3 is 9.80 Å². The van der Waals surface area contributed by atoms with Crippen LogP contribution in [0.1, 0.15) is 36.1 Å². The highest BCUT2D eigenvalue weighted by Crippen LogP contribution is 2.32. The van der Waals surface area contributed by atoms with Crippen LogP contribution in [0.2, 0.25) is 0 Å². The third-order valence-electron chi connectivity index (χ3n) is 6.72. The van der Waals surface area contributed by atoms with E-state index in [1.807, 2.05) is 22.8 Å². The summed E-state index contributed by atoms with van der Waals surface area (Å²) in [6, 6.07) is 8.55. The Bertz CT molecular complexity index is 1080. The summed E-state index contributed by atoms with van der Waals surface area (Å²) in [6.45, 7) is 6.76. The van der Waals surface area contributed by atoms with Crippen LogP contribution in [-0.4, -0.2) is 56.1 Å². The second-order valence-electron chi connectivity index (χ2n) is 8.63. The Labute approximate surface area is 176 Å². The number of amides is 1. The molecule has 0 unspecified atom stereocenters. The van der Waals surface area contributed by atoms with Gasteiger partial charge in [0.05, 0.1) is 6.04 Å². The predicted molar refractivity (Wildman–Crippen MR) is 115 cm³/mol. The number of aryl methyl sites for hydroxylation is 3. The number of piperazine rings is 1. The molecule has 0 spiro atoms. The van der Waals surface area contributed by atoms with E-state index < -0.39 is 0 Å². The third kappa shape index (κ3) is 3.42. The molecule has 0 N–H and O–H groups in total. The van der Waals surface area contributed by atoms with Crippen molar-refractivity contribution in [2.45, 2.75) is 45.6 Å². The number of hydrogen-bond donors (Lipinski definition) is 0. The summed E-state index contributed by atoms with van der Waals surface area (Å²) in [5, 5.41) is 4.31. The number of anilines is 1. The van der Waals surface area contributed by atoms with E-state index in [4.69, 9.17) is 0 Å². The van der Waals surface area contributed by atoms with E-state index in [1.165, 1.54) is 11.1 Å². The molecule has 0 bridgehead atoms. The van der Waals surface area contributed by atoms with Crippen molar-refractivity contribution >= 4 is 17.4 Å². The standard InChI is InChI=1S/C23H28N6O/c1-16-11-22(24-13-17(16)2)27-9-10-28-20(14-27)12-18(23(28)30)5-3-6-19-7-4-8-21-25-15-26-29(19)21/h4,7-8,11,13,15,18,20H,3,5-6,9-10,12,14H2,1-2H3/t18-,20-/m0/s1. The minimum atomic E-state index is 0.137. The number of carbonyl (C=O) groups is 1. The zero-order chi connectivity index (χ0) is 20.7. The first-order chi connectivity index (χ1) is 14.6. The van der Waals surface area contributed by atoms with E-state index in [2.05, 4.69) is 50.8 Å². The average molecular weight is 405 g/mol. The Kier molecular flexibility index (Phi) is 4.89. The Balaban J connectivity index is 1.20. The van der Waals surface area contributed by atoms with Gasteiger partial charge in [-0.15, -0.1) is 0 Å². The highest BCUT2D eigenvalue weighted by atomic mass is 16.2. The second kappa shape index (κ2) is 7.70. The SMILES string of the molecule is Cc1cnc(N2CCN3C(=O)[C@@H](CCCc4cccc5ncnn45)C[C@H]3C2)cc1C. The molecular formula is C23H28N6O. The number of rotatable bonds is 5. The normalized spacial score (nSPS) is 21.5. The Morgan fingerprint density at radius 1 is 1.13 bits per heavy atom. The molecule has 5 rings (SSSR count). The minimum Gasteiger partial charge on any atom is -0.353 e. The van der Waals surface area contributed by atoms with Gasteiger partial charge in [0.2, 0.25) is 5.91 Å². The minimum absolute atomic E-state index is 0.137. The molecule has 156 valence electrons. The highest BCUT2D eigenvalue weighted by Gasteiger charge is 2.42. The fourth-order valence-corrected chi connectivity index (χ4v) is 4.86. The molecule has 2 fully saturated rings. The second-order valence-corrected chi connectivity index (χ2v) is 8.63. The van der Waals surface area contributed by atoms with Gasteiger partial charge >= 0.3 is 0 Å². The summed E-state index contributed by atoms with van der Waals surface area (Å²) in [7, 11) is 0. The topological polar surface area (TPSA) is 66.6 Å². The van der Waals surface area contributed by atoms with Crippen molar-refractivity contribution in [3.63, 3.8) is 0 Å². The number of aromatic nitrogens is 4. The largest absolute Gasteiger partial charge is 0.353 e. The van der Waals surface area contributed by atoms with E-state index >= 15 is 0 Å². The molecule has 1 amide bonds. The van der Waals surface area contributed by atoms with Crippen LogP contribution >= 0.6 is 0 Å². The number of carbonyl (C=O) groups excluding carboxylic acids is 1. The van der Waals surface area contributed by atoms with Gasteiger partial charge in [-0.1, -0.05) is 6.07 Å². The molecule has 0 aliphatic carbocycles. The van der Waals surface area contributed by atoms with Crippen molar-refractivity contribution < 1.29 is 4.79 Å². The van der Waals surface area contributed by atoms with Gasteiger partial charge in [-0.25, -0.2) is 14.5 Å². The van der Waals surface area contributed by atoms with Crippen molar-refractivity contribution in [2.75, 3.05) is 24.5 Å². The Morgan fingerprint density at radius 2 is 2.03 bits per heavy atom. The molecule has 2 atom stereocenters. The van der Waals surface area contributed by atoms with E-state index in [0.29, 0.717) is 11.9 Å². The zero-order valence-electron chi connectivity index (χ0n) is 17.7. The highest BCUT2D eigenvalue weighted by molar-refractivity contribution is 5.82. The van der Waals surface area contributed by atoms with Crippen molar-refractivity contribution in [3.8, 4) is 0 Å². The van der Waals surface area contributed by atoms with Crippen molar-refractivity contribution in [1.29, 1.82) is 0 Å². The van der Waals surface area contributed by atoms with Gasteiger partial charge in [0, 0.05) is 37.4 Å². The summed E-state index contributed by atoms with van der Waals surface area (Å²) >= 11 is 0. The summed E-state index contributed by atoms with van der Waals surface area (Å²) in [5.74, 6) is 1.51. The first kappa shape index (κ1) is 19.0. The molecule has 7 nitrogen and oxygen atoms in total. The maximum Gasteiger partial charge on any atom is 0.226 e. The summed E-state index contributed by atoms with van der Waals surface area (Å²) in [6.07, 6.45) is 7.32. The fraction of sp³-hybridized carbons (Fsp3) is 0.478. The predicted octanol–water partition coefficient (Wildman–Crippen LogP) is 2.80. The Hall–Kier alpha value is -2.96. The molecule has 5 heterocycles. The van der Waals surface area contributed by atoms with Gasteiger partial charge in [-0.3, -0.25) is 4.79 Å². The van der Waals surface area contributed by atoms with Crippen molar-refractivity contribution in [1.82, 2.24) is 24.5 Å². The van der Waals surface area contributed by atoms with Crippen LogP contribution < -0.4 is 4.90 Å². The van der Waals surface area contributed by atoms with Gasteiger partial charge in [0.1, 0.15) is 12.1 Å². The number of pyridine rings is 2. The van der Waals surface area contributed by atoms with Crippen LogP contribution in [0, 0.1) is 19.8 Å². The van der Waals surface area contributed by atoms with Crippen LogP contribution in [0.15, 0.2) is 36.8 Å². The molecular weight excluding hydrogens is 376 g/mol. The van der Waals surface area contributed by atoms with Crippen LogP contribution in [0.4, 0.5) is 5.82 Å². The third-order valence-corrected chi connectivity index (χ3v) is 6.72. The molecule has 2 aliphatic heterocycles. The lowest BCUT2D eigenvalue weighted by molar-refractivity contribution is -0.132. The van der Waals surface area contributed by atoms with Crippen LogP contribution in [0.5, 0.6) is 0 Å². The lowest BCUT2D eigenvalue weighted by Gasteiger charge is -2.38. The maximum absolute atomic E-state index is 13.0. The van der Waals surface area contributed by atoms with Crippen LogP contribution in [-0.2, 0) is 11.2 Å². The van der Waals surface area contributed by atoms with Gasteiger partial charge in [-0.05, 0) is 68.9 Å². The van der Waals surface area contributed by atoms with Crippen molar-refractivity contribution in [3.05, 3.63) is 53.6 Å². The van der Waals surface area contributed by atoms with E-state index in [0.717, 1.165) is 62.5 Å². The molecule has 2 aliphatic rings. The van der Waals surface area contributed by atoms with Gasteiger partial charge in [0.25, 0.3) is 0 Å². The molecule has 7 heteroatoms. The fourth-order valence-electron chi connectivity index (χ4n) is 4.86. The number of hydrogen-bond acceptors (Lipinski definition) is 5. The van der Waals surface area contributed by atoms with E-state index in [9.17, 15) is 4.79 Å². The molecule has 0 saturated carbocycles. The monoisotopic (exact) mass is 404 g/mol. The lowest BCUT2D eigenvalue weighted by Crippen LogP contribution is -2.51. The first-order valence-corrected chi connectivity index (χ1v) is 10.9. The molecule has 3 aromatic heterocycles. The van der Waals surface area contributed by atoms with Gasteiger partial charge in [-0.2, -0.15) is 5.10 Å². The first-order valence-electron chi connectivity index (χ1n) is 10.9. The smallest absolute Gasteiger partial charge is 0.226 e.